The number of ether oxygens (including phenoxy) is 1. The minimum absolute atomic E-state index is 0.0314. The summed E-state index contributed by atoms with van der Waals surface area (Å²) < 4.78 is 5.35. The molecule has 18 heavy (non-hydrogen) atoms. The standard InChI is InChI=1S/C13H24N2O2S/c1-11(2)10-17-7-5-14-13(16)15-6-9-18-8-4-12(15)3/h12H,1,4-10H2,2-3H3,(H,14,16)/t12-/m0/s1. The van der Waals surface area contributed by atoms with Crippen LogP contribution in [0, 0.1) is 0 Å². The molecular weight excluding hydrogens is 248 g/mol. The van der Waals surface area contributed by atoms with Gasteiger partial charge in [-0.1, -0.05) is 12.2 Å². The molecule has 0 saturated carbocycles. The van der Waals surface area contributed by atoms with E-state index in [1.54, 1.807) is 0 Å². The molecule has 0 bridgehead atoms. The van der Waals surface area contributed by atoms with Crippen molar-refractivity contribution in [2.45, 2.75) is 26.3 Å². The van der Waals surface area contributed by atoms with Gasteiger partial charge >= 0.3 is 6.03 Å². The van der Waals surface area contributed by atoms with Crippen molar-refractivity contribution in [3.8, 4) is 0 Å². The van der Waals surface area contributed by atoms with Crippen molar-refractivity contribution in [1.82, 2.24) is 10.2 Å². The number of hydrogen-bond donors (Lipinski definition) is 1. The van der Waals surface area contributed by atoms with Crippen LogP contribution in [0.25, 0.3) is 0 Å². The number of rotatable bonds is 5. The van der Waals surface area contributed by atoms with Gasteiger partial charge in [-0.3, -0.25) is 0 Å². The summed E-state index contributed by atoms with van der Waals surface area (Å²) in [5.74, 6) is 2.18. The number of nitrogens with one attached hydrogen (secondary N) is 1. The zero-order chi connectivity index (χ0) is 13.4. The third kappa shape index (κ3) is 5.78. The fourth-order valence-corrected chi connectivity index (χ4v) is 2.81. The first kappa shape index (κ1) is 15.4. The number of thioether (sulfide) groups is 1. The van der Waals surface area contributed by atoms with E-state index in [1.807, 2.05) is 23.6 Å². The summed E-state index contributed by atoms with van der Waals surface area (Å²) in [5, 5.41) is 2.91. The zero-order valence-electron chi connectivity index (χ0n) is 11.4. The SMILES string of the molecule is C=C(C)COCCNC(=O)N1CCSCC[C@@H]1C. The lowest BCUT2D eigenvalue weighted by molar-refractivity contribution is 0.149. The van der Waals surface area contributed by atoms with E-state index in [0.29, 0.717) is 25.8 Å². The molecule has 1 atom stereocenters. The number of carbonyl (C=O) groups excluding carboxylic acids is 1. The number of carbonyl (C=O) groups is 1. The molecule has 0 aromatic carbocycles. The lowest BCUT2D eigenvalue weighted by Crippen LogP contribution is -2.46. The quantitative estimate of drug-likeness (QED) is 0.616. The molecule has 1 rings (SSSR count). The molecule has 0 aromatic rings. The fraction of sp³-hybridized carbons (Fsp3) is 0.769. The second kappa shape index (κ2) is 8.43. The molecule has 0 aliphatic carbocycles. The summed E-state index contributed by atoms with van der Waals surface area (Å²) in [5.41, 5.74) is 1.000. The Balaban J connectivity index is 2.20. The first-order valence-corrected chi connectivity index (χ1v) is 7.61. The second-order valence-electron chi connectivity index (χ2n) is 4.69. The molecule has 104 valence electrons. The van der Waals surface area contributed by atoms with Gasteiger partial charge in [0.2, 0.25) is 0 Å². The van der Waals surface area contributed by atoms with Crippen molar-refractivity contribution in [1.29, 1.82) is 0 Å². The van der Waals surface area contributed by atoms with E-state index in [1.165, 1.54) is 0 Å². The molecule has 0 spiro atoms. The third-order valence-electron chi connectivity index (χ3n) is 2.82. The van der Waals surface area contributed by atoms with Gasteiger partial charge in [0.25, 0.3) is 0 Å². The topological polar surface area (TPSA) is 41.6 Å². The monoisotopic (exact) mass is 272 g/mol. The molecule has 1 aliphatic heterocycles. The van der Waals surface area contributed by atoms with Crippen molar-refractivity contribution >= 4 is 17.8 Å². The van der Waals surface area contributed by atoms with Crippen molar-refractivity contribution in [3.05, 3.63) is 12.2 Å². The largest absolute Gasteiger partial charge is 0.375 e. The zero-order valence-corrected chi connectivity index (χ0v) is 12.2. The third-order valence-corrected chi connectivity index (χ3v) is 3.82. The van der Waals surface area contributed by atoms with Crippen molar-refractivity contribution < 1.29 is 9.53 Å². The average Bonchev–Trinajstić information content (AvgIpc) is 2.53. The second-order valence-corrected chi connectivity index (χ2v) is 5.91. The van der Waals surface area contributed by atoms with Crippen LogP contribution in [0.15, 0.2) is 12.2 Å². The van der Waals surface area contributed by atoms with Crippen LogP contribution in [0.3, 0.4) is 0 Å². The van der Waals surface area contributed by atoms with Crippen LogP contribution in [-0.4, -0.2) is 54.8 Å². The Hall–Kier alpha value is -0.680. The van der Waals surface area contributed by atoms with Gasteiger partial charge in [-0.2, -0.15) is 11.8 Å². The highest BCUT2D eigenvalue weighted by Gasteiger charge is 2.21. The molecule has 1 fully saturated rings. The van der Waals surface area contributed by atoms with E-state index in [9.17, 15) is 4.79 Å². The maximum absolute atomic E-state index is 12.0. The van der Waals surface area contributed by atoms with Crippen LogP contribution >= 0.6 is 11.8 Å². The highest BCUT2D eigenvalue weighted by molar-refractivity contribution is 7.99. The Bertz CT molecular complexity index is 284. The molecule has 4 nitrogen and oxygen atoms in total. The summed E-state index contributed by atoms with van der Waals surface area (Å²) in [7, 11) is 0. The molecule has 0 unspecified atom stereocenters. The van der Waals surface area contributed by atoms with E-state index in [0.717, 1.165) is 30.0 Å². The van der Waals surface area contributed by atoms with Gasteiger partial charge in [-0.15, -0.1) is 0 Å². The first-order chi connectivity index (χ1) is 8.61. The van der Waals surface area contributed by atoms with Crippen molar-refractivity contribution in [2.24, 2.45) is 0 Å². The molecular formula is C13H24N2O2S. The van der Waals surface area contributed by atoms with E-state index in [4.69, 9.17) is 4.74 Å². The highest BCUT2D eigenvalue weighted by Crippen LogP contribution is 2.15. The van der Waals surface area contributed by atoms with Crippen LogP contribution in [-0.2, 0) is 4.74 Å². The Kier molecular flexibility index (Phi) is 7.20. The number of amides is 2. The number of hydrogen-bond acceptors (Lipinski definition) is 3. The lowest BCUT2D eigenvalue weighted by atomic mass is 10.2. The summed E-state index contributed by atoms with van der Waals surface area (Å²) in [6, 6.07) is 0.361. The van der Waals surface area contributed by atoms with Gasteiger partial charge in [0, 0.05) is 24.9 Å². The molecule has 1 N–H and O–H groups in total. The van der Waals surface area contributed by atoms with Gasteiger partial charge < -0.3 is 15.0 Å². The number of urea groups is 1. The number of nitrogens with zero attached hydrogens (tertiary/aromatic N) is 1. The molecule has 0 aromatic heterocycles. The average molecular weight is 272 g/mol. The Morgan fingerprint density at radius 1 is 1.56 bits per heavy atom. The minimum atomic E-state index is 0.0314. The summed E-state index contributed by atoms with van der Waals surface area (Å²) >= 11 is 1.92. The first-order valence-electron chi connectivity index (χ1n) is 6.45. The van der Waals surface area contributed by atoms with Gasteiger partial charge in [0.05, 0.1) is 13.2 Å². The van der Waals surface area contributed by atoms with E-state index in [-0.39, 0.29) is 6.03 Å². The summed E-state index contributed by atoms with van der Waals surface area (Å²) in [6.45, 7) is 10.3. The van der Waals surface area contributed by atoms with Crippen LogP contribution in [0.5, 0.6) is 0 Å². The van der Waals surface area contributed by atoms with Crippen LogP contribution in [0.4, 0.5) is 4.79 Å². The summed E-state index contributed by atoms with van der Waals surface area (Å²) in [4.78, 5) is 13.9. The molecule has 2 amide bonds. The minimum Gasteiger partial charge on any atom is -0.375 e. The fourth-order valence-electron chi connectivity index (χ4n) is 1.77. The predicted octanol–water partition coefficient (Wildman–Crippen LogP) is 2.12. The molecule has 0 radical (unpaired) electrons. The Morgan fingerprint density at radius 2 is 2.33 bits per heavy atom. The van der Waals surface area contributed by atoms with Crippen molar-refractivity contribution in [3.63, 3.8) is 0 Å². The molecule has 1 heterocycles. The Morgan fingerprint density at radius 3 is 3.06 bits per heavy atom. The molecule has 1 aliphatic rings. The maximum Gasteiger partial charge on any atom is 0.317 e. The smallest absolute Gasteiger partial charge is 0.317 e. The molecule has 5 heteroatoms. The normalized spacial score (nSPS) is 20.3. The van der Waals surface area contributed by atoms with Gasteiger partial charge in [0.15, 0.2) is 0 Å². The van der Waals surface area contributed by atoms with Gasteiger partial charge in [0.1, 0.15) is 0 Å². The highest BCUT2D eigenvalue weighted by atomic mass is 32.2. The van der Waals surface area contributed by atoms with E-state index < -0.39 is 0 Å². The Labute approximate surface area is 114 Å². The summed E-state index contributed by atoms with van der Waals surface area (Å²) in [6.07, 6.45) is 1.07. The van der Waals surface area contributed by atoms with Gasteiger partial charge in [-0.05, 0) is 26.0 Å². The van der Waals surface area contributed by atoms with Crippen molar-refractivity contribution in [2.75, 3.05) is 37.8 Å². The maximum atomic E-state index is 12.0. The van der Waals surface area contributed by atoms with Crippen LogP contribution < -0.4 is 5.32 Å². The van der Waals surface area contributed by atoms with E-state index in [2.05, 4.69) is 18.8 Å². The van der Waals surface area contributed by atoms with Crippen LogP contribution in [0.1, 0.15) is 20.3 Å². The van der Waals surface area contributed by atoms with Gasteiger partial charge in [-0.25, -0.2) is 4.79 Å². The predicted molar refractivity (Wildman–Crippen MR) is 77.1 cm³/mol. The molecule has 1 saturated heterocycles. The van der Waals surface area contributed by atoms with E-state index >= 15 is 0 Å². The van der Waals surface area contributed by atoms with Crippen LogP contribution in [0.2, 0.25) is 0 Å². The lowest BCUT2D eigenvalue weighted by Gasteiger charge is -2.27.